The maximum absolute atomic E-state index is 12.1. The number of hydrogen-bond acceptors (Lipinski definition) is 4. The number of aliphatic imine (C=N–C) groups is 1. The van der Waals surface area contributed by atoms with Gasteiger partial charge in [-0.1, -0.05) is 18.2 Å². The number of anilines is 1. The number of para-hydroxylation sites is 1. The first-order valence-corrected chi connectivity index (χ1v) is 6.61. The summed E-state index contributed by atoms with van der Waals surface area (Å²) >= 11 is 1.49. The minimum Gasteiger partial charge on any atom is -0.512 e. The van der Waals surface area contributed by atoms with Gasteiger partial charge in [-0.3, -0.25) is 9.79 Å². The molecule has 94 valence electrons. The number of allylic oxidation sites excluding steroid dienone is 1. The number of rotatable bonds is 3. The van der Waals surface area contributed by atoms with Gasteiger partial charge in [0.25, 0.3) is 5.91 Å². The fourth-order valence-corrected chi connectivity index (χ4v) is 2.56. The fourth-order valence-electron chi connectivity index (χ4n) is 1.62. The van der Waals surface area contributed by atoms with Gasteiger partial charge in [-0.05, 0) is 19.1 Å². The molecule has 0 fully saturated rings. The number of hydrogen-bond donors (Lipinski definition) is 2. The van der Waals surface area contributed by atoms with Gasteiger partial charge in [0.1, 0.15) is 16.4 Å². The molecule has 1 aromatic carbocycles. The maximum Gasteiger partial charge on any atom is 0.261 e. The molecule has 1 amide bonds. The molecule has 0 aromatic heterocycles. The Morgan fingerprint density at radius 1 is 1.39 bits per heavy atom. The molecule has 18 heavy (non-hydrogen) atoms. The number of carbonyl (C=O) groups excluding carboxylic acids is 1. The van der Waals surface area contributed by atoms with E-state index in [1.165, 1.54) is 18.7 Å². The predicted octanol–water partition coefficient (Wildman–Crippen LogP) is 2.60. The first kappa shape index (κ1) is 12.7. The summed E-state index contributed by atoms with van der Waals surface area (Å²) in [6.07, 6.45) is 0. The number of benzene rings is 1. The number of nitrogens with one attached hydrogen (secondary N) is 1. The van der Waals surface area contributed by atoms with Gasteiger partial charge in [0.15, 0.2) is 0 Å². The largest absolute Gasteiger partial charge is 0.512 e. The molecule has 0 bridgehead atoms. The topological polar surface area (TPSA) is 61.7 Å². The third-order valence-electron chi connectivity index (χ3n) is 2.42. The quantitative estimate of drug-likeness (QED) is 0.650. The molecular formula is C13H14N2O2S. The highest BCUT2D eigenvalue weighted by atomic mass is 32.2. The molecule has 2 rings (SSSR count). The Kier molecular flexibility index (Phi) is 4.04. The standard InChI is InChI=1S/C13H14N2O2S/c1-9(16)11(13-14-7-8-18-13)12(17)15-10-5-3-2-4-6-10/h2-6,16H,7-8H2,1H3,(H,15,17)/b11-9+. The summed E-state index contributed by atoms with van der Waals surface area (Å²) in [5.41, 5.74) is 0.964. The molecule has 1 aliphatic heterocycles. The van der Waals surface area contributed by atoms with E-state index >= 15 is 0 Å². The van der Waals surface area contributed by atoms with Crippen LogP contribution in [0.2, 0.25) is 0 Å². The Morgan fingerprint density at radius 2 is 2.11 bits per heavy atom. The summed E-state index contributed by atoms with van der Waals surface area (Å²) in [6, 6.07) is 9.15. The van der Waals surface area contributed by atoms with Crippen LogP contribution in [-0.2, 0) is 4.79 Å². The van der Waals surface area contributed by atoms with E-state index in [0.29, 0.717) is 17.3 Å². The average molecular weight is 262 g/mol. The number of aliphatic hydroxyl groups is 1. The first-order valence-electron chi connectivity index (χ1n) is 5.62. The summed E-state index contributed by atoms with van der Waals surface area (Å²) in [5, 5.41) is 13.0. The van der Waals surface area contributed by atoms with Crippen molar-refractivity contribution in [2.45, 2.75) is 6.92 Å². The van der Waals surface area contributed by atoms with Gasteiger partial charge >= 0.3 is 0 Å². The molecule has 0 saturated carbocycles. The summed E-state index contributed by atoms with van der Waals surface area (Å²) in [7, 11) is 0. The highest BCUT2D eigenvalue weighted by Gasteiger charge is 2.22. The van der Waals surface area contributed by atoms with Crippen LogP contribution in [0.3, 0.4) is 0 Å². The number of aliphatic hydroxyl groups excluding tert-OH is 1. The summed E-state index contributed by atoms with van der Waals surface area (Å²) < 4.78 is 0. The van der Waals surface area contributed by atoms with E-state index in [1.54, 1.807) is 12.1 Å². The minimum absolute atomic E-state index is 0.00317. The number of thioether (sulfide) groups is 1. The van der Waals surface area contributed by atoms with Crippen molar-refractivity contribution in [1.29, 1.82) is 0 Å². The van der Waals surface area contributed by atoms with Crippen LogP contribution < -0.4 is 5.32 Å². The van der Waals surface area contributed by atoms with E-state index in [4.69, 9.17) is 0 Å². The Balaban J connectivity index is 2.18. The average Bonchev–Trinajstić information content (AvgIpc) is 2.83. The molecule has 1 heterocycles. The molecule has 0 spiro atoms. The SMILES string of the molecule is C/C(O)=C(/C(=O)Nc1ccccc1)C1=NCCS1. The summed E-state index contributed by atoms with van der Waals surface area (Å²) in [4.78, 5) is 16.3. The van der Waals surface area contributed by atoms with Crippen LogP contribution in [0.25, 0.3) is 0 Å². The molecule has 5 heteroatoms. The zero-order chi connectivity index (χ0) is 13.0. The van der Waals surface area contributed by atoms with E-state index in [-0.39, 0.29) is 17.2 Å². The van der Waals surface area contributed by atoms with Crippen molar-refractivity contribution in [2.75, 3.05) is 17.6 Å². The van der Waals surface area contributed by atoms with E-state index < -0.39 is 0 Å². The second-order valence-electron chi connectivity index (χ2n) is 3.82. The third-order valence-corrected chi connectivity index (χ3v) is 3.41. The molecule has 0 radical (unpaired) electrons. The van der Waals surface area contributed by atoms with Gasteiger partial charge < -0.3 is 10.4 Å². The molecule has 0 aliphatic carbocycles. The summed E-state index contributed by atoms with van der Waals surface area (Å²) in [6.45, 7) is 2.19. The Bertz CT molecular complexity index is 505. The lowest BCUT2D eigenvalue weighted by Crippen LogP contribution is -2.20. The van der Waals surface area contributed by atoms with Gasteiger partial charge in [0.05, 0.1) is 0 Å². The zero-order valence-electron chi connectivity index (χ0n) is 10.0. The summed E-state index contributed by atoms with van der Waals surface area (Å²) in [5.74, 6) is 0.524. The van der Waals surface area contributed by atoms with Gasteiger partial charge in [-0.25, -0.2) is 0 Å². The Hall–Kier alpha value is -1.75. The normalized spacial score (nSPS) is 15.9. The lowest BCUT2D eigenvalue weighted by atomic mass is 10.2. The molecule has 1 aliphatic rings. The van der Waals surface area contributed by atoms with Crippen LogP contribution >= 0.6 is 11.8 Å². The van der Waals surface area contributed by atoms with Crippen molar-refractivity contribution in [1.82, 2.24) is 0 Å². The number of carbonyl (C=O) groups is 1. The van der Waals surface area contributed by atoms with Gasteiger partial charge in [-0.2, -0.15) is 0 Å². The second kappa shape index (κ2) is 5.73. The van der Waals surface area contributed by atoms with Crippen LogP contribution in [-0.4, -0.2) is 28.4 Å². The Morgan fingerprint density at radius 3 is 2.67 bits per heavy atom. The predicted molar refractivity (Wildman–Crippen MR) is 75.2 cm³/mol. The first-order chi connectivity index (χ1) is 8.68. The highest BCUT2D eigenvalue weighted by molar-refractivity contribution is 8.14. The zero-order valence-corrected chi connectivity index (χ0v) is 10.8. The fraction of sp³-hybridized carbons (Fsp3) is 0.231. The van der Waals surface area contributed by atoms with Crippen molar-refractivity contribution >= 4 is 28.4 Å². The molecule has 1 aromatic rings. The molecule has 0 saturated heterocycles. The lowest BCUT2D eigenvalue weighted by molar-refractivity contribution is -0.112. The highest BCUT2D eigenvalue weighted by Crippen LogP contribution is 2.22. The van der Waals surface area contributed by atoms with Gasteiger partial charge in [0, 0.05) is 18.0 Å². The van der Waals surface area contributed by atoms with Gasteiger partial charge in [-0.15, -0.1) is 11.8 Å². The van der Waals surface area contributed by atoms with Crippen molar-refractivity contribution in [3.8, 4) is 0 Å². The maximum atomic E-state index is 12.1. The molecule has 0 unspecified atom stereocenters. The van der Waals surface area contributed by atoms with Crippen LogP contribution in [0.5, 0.6) is 0 Å². The van der Waals surface area contributed by atoms with E-state index in [0.717, 1.165) is 5.75 Å². The van der Waals surface area contributed by atoms with E-state index in [9.17, 15) is 9.90 Å². The second-order valence-corrected chi connectivity index (χ2v) is 4.90. The van der Waals surface area contributed by atoms with Crippen molar-refractivity contribution in [3.63, 3.8) is 0 Å². The molecule has 4 nitrogen and oxygen atoms in total. The number of amides is 1. The van der Waals surface area contributed by atoms with Crippen molar-refractivity contribution < 1.29 is 9.90 Å². The van der Waals surface area contributed by atoms with Gasteiger partial charge in [0.2, 0.25) is 0 Å². The van der Waals surface area contributed by atoms with E-state index in [2.05, 4.69) is 10.3 Å². The lowest BCUT2D eigenvalue weighted by Gasteiger charge is -2.09. The number of nitrogens with zero attached hydrogens (tertiary/aromatic N) is 1. The molecule has 0 atom stereocenters. The smallest absolute Gasteiger partial charge is 0.261 e. The molecular weight excluding hydrogens is 248 g/mol. The van der Waals surface area contributed by atoms with Crippen LogP contribution in [0.4, 0.5) is 5.69 Å². The van der Waals surface area contributed by atoms with Crippen LogP contribution in [0, 0.1) is 0 Å². The minimum atomic E-state index is -0.325. The van der Waals surface area contributed by atoms with Crippen molar-refractivity contribution in [2.24, 2.45) is 4.99 Å². The Labute approximate surface area is 110 Å². The van der Waals surface area contributed by atoms with Crippen LogP contribution in [0.1, 0.15) is 6.92 Å². The van der Waals surface area contributed by atoms with Crippen molar-refractivity contribution in [3.05, 3.63) is 41.7 Å². The van der Waals surface area contributed by atoms with E-state index in [1.807, 2.05) is 18.2 Å². The van der Waals surface area contributed by atoms with Crippen LogP contribution in [0.15, 0.2) is 46.7 Å². The monoisotopic (exact) mass is 262 g/mol. The third kappa shape index (κ3) is 2.92. The molecule has 2 N–H and O–H groups in total.